The molecular weight excluding hydrogens is 386 g/mol. The van der Waals surface area contributed by atoms with Gasteiger partial charge in [-0.2, -0.15) is 5.10 Å². The summed E-state index contributed by atoms with van der Waals surface area (Å²) in [5, 5.41) is 7.63. The van der Waals surface area contributed by atoms with E-state index in [-0.39, 0.29) is 0 Å². The van der Waals surface area contributed by atoms with Crippen LogP contribution in [0.5, 0.6) is 0 Å². The molecule has 5 aromatic rings. The third kappa shape index (κ3) is 3.73. The van der Waals surface area contributed by atoms with Crippen LogP contribution in [-0.4, -0.2) is 11.2 Å². The second-order valence-corrected chi connectivity index (χ2v) is 7.87. The standard InChI is InChI=1S/C26H19N3S/c1-3-11-20(12-4-1)24-25(21-13-5-2-6-14-21)30-26(28-24)29-27-18-22-16-9-15-19-10-7-8-17-23(19)22/h1-18H,(H,28,29)/b27-18+. The monoisotopic (exact) mass is 405 g/mol. The Labute approximate surface area is 179 Å². The molecule has 0 unspecified atom stereocenters. The van der Waals surface area contributed by atoms with Crippen molar-refractivity contribution < 1.29 is 0 Å². The second kappa shape index (κ2) is 8.31. The molecule has 30 heavy (non-hydrogen) atoms. The van der Waals surface area contributed by atoms with Crippen molar-refractivity contribution in [1.82, 2.24) is 4.98 Å². The van der Waals surface area contributed by atoms with Crippen molar-refractivity contribution in [2.24, 2.45) is 5.10 Å². The lowest BCUT2D eigenvalue weighted by atomic mass is 10.1. The van der Waals surface area contributed by atoms with Crippen molar-refractivity contribution in [3.63, 3.8) is 0 Å². The minimum absolute atomic E-state index is 0.768. The fourth-order valence-electron chi connectivity index (χ4n) is 3.46. The van der Waals surface area contributed by atoms with Gasteiger partial charge in [-0.25, -0.2) is 4.98 Å². The molecule has 1 N–H and O–H groups in total. The Bertz CT molecular complexity index is 1250. The molecule has 5 rings (SSSR count). The molecule has 0 aliphatic heterocycles. The van der Waals surface area contributed by atoms with Crippen LogP contribution in [0.1, 0.15) is 5.56 Å². The van der Waals surface area contributed by atoms with E-state index in [4.69, 9.17) is 4.98 Å². The molecule has 0 saturated heterocycles. The first-order chi connectivity index (χ1) is 14.9. The molecule has 0 bridgehead atoms. The summed E-state index contributed by atoms with van der Waals surface area (Å²) < 4.78 is 0. The van der Waals surface area contributed by atoms with Crippen molar-refractivity contribution in [1.29, 1.82) is 0 Å². The number of rotatable bonds is 5. The summed E-state index contributed by atoms with van der Waals surface area (Å²) in [7, 11) is 0. The minimum atomic E-state index is 0.768. The predicted molar refractivity (Wildman–Crippen MR) is 128 cm³/mol. The lowest BCUT2D eigenvalue weighted by Gasteiger charge is -2.02. The van der Waals surface area contributed by atoms with Crippen LogP contribution in [0.15, 0.2) is 108 Å². The molecule has 0 amide bonds. The van der Waals surface area contributed by atoms with Gasteiger partial charge >= 0.3 is 0 Å². The zero-order valence-corrected chi connectivity index (χ0v) is 17.0. The summed E-state index contributed by atoms with van der Waals surface area (Å²) in [6.45, 7) is 0. The number of nitrogens with zero attached hydrogens (tertiary/aromatic N) is 2. The highest BCUT2D eigenvalue weighted by molar-refractivity contribution is 7.19. The fourth-order valence-corrected chi connectivity index (χ4v) is 4.41. The highest BCUT2D eigenvalue weighted by Crippen LogP contribution is 2.38. The molecule has 0 atom stereocenters. The molecule has 144 valence electrons. The number of aromatic nitrogens is 1. The van der Waals surface area contributed by atoms with Gasteiger partial charge in [0.05, 0.1) is 16.8 Å². The quantitative estimate of drug-likeness (QED) is 0.251. The van der Waals surface area contributed by atoms with Crippen LogP contribution < -0.4 is 5.43 Å². The van der Waals surface area contributed by atoms with Gasteiger partial charge in [0.2, 0.25) is 5.13 Å². The number of benzene rings is 4. The van der Waals surface area contributed by atoms with Gasteiger partial charge in [0.15, 0.2) is 0 Å². The van der Waals surface area contributed by atoms with Crippen molar-refractivity contribution in [3.05, 3.63) is 109 Å². The second-order valence-electron chi connectivity index (χ2n) is 6.87. The van der Waals surface area contributed by atoms with Gasteiger partial charge < -0.3 is 0 Å². The summed E-state index contributed by atoms with van der Waals surface area (Å²) in [4.78, 5) is 5.97. The average molecular weight is 406 g/mol. The maximum atomic E-state index is 4.84. The van der Waals surface area contributed by atoms with E-state index >= 15 is 0 Å². The van der Waals surface area contributed by atoms with E-state index in [1.807, 2.05) is 48.7 Å². The smallest absolute Gasteiger partial charge is 0.204 e. The van der Waals surface area contributed by atoms with Crippen LogP contribution >= 0.6 is 11.3 Å². The number of thiazole rings is 1. The third-order valence-electron chi connectivity index (χ3n) is 4.90. The number of hydrazone groups is 1. The number of anilines is 1. The molecule has 3 nitrogen and oxygen atoms in total. The zero-order valence-electron chi connectivity index (χ0n) is 16.2. The van der Waals surface area contributed by atoms with E-state index in [2.05, 4.69) is 71.2 Å². The Morgan fingerprint density at radius 1 is 0.700 bits per heavy atom. The summed E-state index contributed by atoms with van der Waals surface area (Å²) in [6.07, 6.45) is 1.86. The lowest BCUT2D eigenvalue weighted by molar-refractivity contribution is 1.29. The van der Waals surface area contributed by atoms with Gasteiger partial charge in [-0.15, -0.1) is 0 Å². The average Bonchev–Trinajstić information content (AvgIpc) is 3.25. The highest BCUT2D eigenvalue weighted by atomic mass is 32.1. The number of hydrogen-bond acceptors (Lipinski definition) is 4. The first-order valence-electron chi connectivity index (χ1n) is 9.77. The normalized spacial score (nSPS) is 11.2. The van der Waals surface area contributed by atoms with Crippen LogP contribution in [0.4, 0.5) is 5.13 Å². The molecule has 0 spiro atoms. The van der Waals surface area contributed by atoms with Crippen LogP contribution in [0.25, 0.3) is 32.5 Å². The maximum absolute atomic E-state index is 4.84. The molecular formula is C26H19N3S. The number of nitrogens with one attached hydrogen (secondary N) is 1. The van der Waals surface area contributed by atoms with Gasteiger partial charge in [-0.1, -0.05) is 114 Å². The summed E-state index contributed by atoms with van der Waals surface area (Å²) >= 11 is 1.61. The van der Waals surface area contributed by atoms with Gasteiger partial charge in [0.1, 0.15) is 0 Å². The minimum Gasteiger partial charge on any atom is -0.253 e. The Kier molecular flexibility index (Phi) is 5.06. The van der Waals surface area contributed by atoms with Crippen LogP contribution in [0, 0.1) is 0 Å². The number of fused-ring (bicyclic) bond motifs is 1. The third-order valence-corrected chi connectivity index (χ3v) is 5.91. The van der Waals surface area contributed by atoms with Crippen LogP contribution in [0.3, 0.4) is 0 Å². The van der Waals surface area contributed by atoms with E-state index in [0.29, 0.717) is 0 Å². The molecule has 0 aliphatic rings. The van der Waals surface area contributed by atoms with E-state index < -0.39 is 0 Å². The lowest BCUT2D eigenvalue weighted by Crippen LogP contribution is -1.91. The van der Waals surface area contributed by atoms with Gasteiger partial charge in [0.25, 0.3) is 0 Å². The Morgan fingerprint density at radius 3 is 2.17 bits per heavy atom. The van der Waals surface area contributed by atoms with Crippen molar-refractivity contribution in [3.8, 4) is 21.7 Å². The van der Waals surface area contributed by atoms with E-state index in [1.165, 1.54) is 10.8 Å². The van der Waals surface area contributed by atoms with Crippen molar-refractivity contribution in [2.45, 2.75) is 0 Å². The Balaban J connectivity index is 1.48. The molecule has 4 aromatic carbocycles. The van der Waals surface area contributed by atoms with Crippen molar-refractivity contribution in [2.75, 3.05) is 5.43 Å². The summed E-state index contributed by atoms with van der Waals surface area (Å²) in [5.74, 6) is 0. The Hall–Kier alpha value is -3.76. The molecule has 0 aliphatic carbocycles. The van der Waals surface area contributed by atoms with Gasteiger partial charge in [-0.05, 0) is 16.3 Å². The largest absolute Gasteiger partial charge is 0.253 e. The van der Waals surface area contributed by atoms with Crippen molar-refractivity contribution >= 4 is 33.5 Å². The first kappa shape index (κ1) is 18.3. The summed E-state index contributed by atoms with van der Waals surface area (Å²) in [5.41, 5.74) is 7.42. The van der Waals surface area contributed by atoms with E-state index in [9.17, 15) is 0 Å². The Morgan fingerprint density at radius 2 is 1.37 bits per heavy atom. The van der Waals surface area contributed by atoms with Crippen LogP contribution in [0.2, 0.25) is 0 Å². The van der Waals surface area contributed by atoms with Crippen LogP contribution in [-0.2, 0) is 0 Å². The SMILES string of the molecule is C(=N\Nc1nc(-c2ccccc2)c(-c2ccccc2)s1)/c1cccc2ccccc12. The molecule has 0 fully saturated rings. The predicted octanol–water partition coefficient (Wildman–Crippen LogP) is 7.08. The highest BCUT2D eigenvalue weighted by Gasteiger charge is 2.14. The van der Waals surface area contributed by atoms with E-state index in [0.717, 1.165) is 32.4 Å². The first-order valence-corrected chi connectivity index (χ1v) is 10.6. The van der Waals surface area contributed by atoms with Gasteiger partial charge in [-0.3, -0.25) is 5.43 Å². The zero-order chi connectivity index (χ0) is 20.2. The molecule has 0 radical (unpaired) electrons. The fraction of sp³-hybridized carbons (Fsp3) is 0. The molecule has 1 heterocycles. The molecule has 0 saturated carbocycles. The van der Waals surface area contributed by atoms with Gasteiger partial charge in [0, 0.05) is 11.1 Å². The number of hydrogen-bond donors (Lipinski definition) is 1. The molecule has 1 aromatic heterocycles. The van der Waals surface area contributed by atoms with E-state index in [1.54, 1.807) is 11.3 Å². The maximum Gasteiger partial charge on any atom is 0.204 e. The summed E-state index contributed by atoms with van der Waals surface area (Å²) in [6, 6.07) is 35.2. The topological polar surface area (TPSA) is 37.3 Å². The molecule has 4 heteroatoms.